The topological polar surface area (TPSA) is 71.5 Å². The van der Waals surface area contributed by atoms with E-state index >= 15 is 0 Å². The van der Waals surface area contributed by atoms with Crippen molar-refractivity contribution in [2.24, 2.45) is 0 Å². The van der Waals surface area contributed by atoms with Gasteiger partial charge < -0.3 is 15.2 Å². The predicted octanol–water partition coefficient (Wildman–Crippen LogP) is 3.65. The second-order valence-corrected chi connectivity index (χ2v) is 6.50. The molecular weight excluding hydrogens is 340 g/mol. The molecule has 2 N–H and O–H groups in total. The molecule has 2 aromatic carbocycles. The Labute approximate surface area is 157 Å². The number of rotatable bonds is 5. The number of nitrogens with one attached hydrogen (secondary N) is 1. The average Bonchev–Trinajstić information content (AvgIpc) is 3.05. The molecular formula is C22H20N2O3. The van der Waals surface area contributed by atoms with Gasteiger partial charge in [-0.2, -0.15) is 0 Å². The van der Waals surface area contributed by atoms with Gasteiger partial charge in [0.2, 0.25) is 0 Å². The van der Waals surface area contributed by atoms with E-state index in [9.17, 15) is 9.90 Å². The number of aromatic nitrogens is 1. The van der Waals surface area contributed by atoms with Gasteiger partial charge >= 0.3 is 6.09 Å². The van der Waals surface area contributed by atoms with Crippen molar-refractivity contribution in [3.63, 3.8) is 0 Å². The number of carbonyl (C=O) groups excluding carboxylic acids is 1. The minimum atomic E-state index is -0.798. The Kier molecular flexibility index (Phi) is 4.85. The van der Waals surface area contributed by atoms with Crippen molar-refractivity contribution in [2.45, 2.75) is 12.0 Å². The van der Waals surface area contributed by atoms with Gasteiger partial charge in [0, 0.05) is 18.3 Å². The van der Waals surface area contributed by atoms with E-state index in [-0.39, 0.29) is 19.1 Å². The minimum Gasteiger partial charge on any atom is -0.449 e. The van der Waals surface area contributed by atoms with Gasteiger partial charge in [-0.25, -0.2) is 4.79 Å². The first kappa shape index (κ1) is 17.2. The monoisotopic (exact) mass is 360 g/mol. The SMILES string of the molecule is O=C(NCC(O)c1ccncc1)OCC1c2ccccc2-c2ccccc21. The molecule has 4 rings (SSSR count). The normalized spacial score (nSPS) is 13.5. The fourth-order valence-electron chi connectivity index (χ4n) is 3.53. The van der Waals surface area contributed by atoms with E-state index in [1.807, 2.05) is 24.3 Å². The molecule has 1 heterocycles. The van der Waals surface area contributed by atoms with Crippen molar-refractivity contribution in [3.8, 4) is 11.1 Å². The molecule has 5 heteroatoms. The molecule has 27 heavy (non-hydrogen) atoms. The summed E-state index contributed by atoms with van der Waals surface area (Å²) < 4.78 is 5.45. The molecule has 0 bridgehead atoms. The van der Waals surface area contributed by atoms with E-state index in [1.54, 1.807) is 24.5 Å². The molecule has 1 aliphatic rings. The highest BCUT2D eigenvalue weighted by Gasteiger charge is 2.29. The molecule has 0 saturated carbocycles. The number of amides is 1. The van der Waals surface area contributed by atoms with Crippen LogP contribution in [0.15, 0.2) is 73.1 Å². The molecule has 136 valence electrons. The number of ether oxygens (including phenoxy) is 1. The fourth-order valence-corrected chi connectivity index (χ4v) is 3.53. The Morgan fingerprint density at radius 2 is 1.59 bits per heavy atom. The standard InChI is InChI=1S/C22H20N2O3/c25-21(15-9-11-23-12-10-15)13-24-22(26)27-14-20-18-7-3-1-5-16(18)17-6-2-4-8-19(17)20/h1-12,20-21,25H,13-14H2,(H,24,26). The summed E-state index contributed by atoms with van der Waals surface area (Å²) >= 11 is 0. The number of carbonyl (C=O) groups is 1. The van der Waals surface area contributed by atoms with E-state index in [0.717, 1.165) is 0 Å². The number of hydrogen-bond donors (Lipinski definition) is 2. The van der Waals surface area contributed by atoms with Crippen LogP contribution in [-0.4, -0.2) is 29.3 Å². The second-order valence-electron chi connectivity index (χ2n) is 6.50. The first-order chi connectivity index (χ1) is 13.2. The highest BCUT2D eigenvalue weighted by Crippen LogP contribution is 2.44. The van der Waals surface area contributed by atoms with Crippen LogP contribution in [0.1, 0.15) is 28.7 Å². The molecule has 1 atom stereocenters. The molecule has 5 nitrogen and oxygen atoms in total. The van der Waals surface area contributed by atoms with Crippen molar-refractivity contribution < 1.29 is 14.6 Å². The molecule has 0 spiro atoms. The van der Waals surface area contributed by atoms with Crippen LogP contribution < -0.4 is 5.32 Å². The van der Waals surface area contributed by atoms with Crippen molar-refractivity contribution in [2.75, 3.05) is 13.2 Å². The van der Waals surface area contributed by atoms with Crippen LogP contribution in [0, 0.1) is 0 Å². The van der Waals surface area contributed by atoms with Gasteiger partial charge in [0.25, 0.3) is 0 Å². The van der Waals surface area contributed by atoms with Gasteiger partial charge in [-0.05, 0) is 39.9 Å². The number of alkyl carbamates (subject to hydrolysis) is 1. The van der Waals surface area contributed by atoms with E-state index in [0.29, 0.717) is 5.56 Å². The lowest BCUT2D eigenvalue weighted by Gasteiger charge is -2.16. The minimum absolute atomic E-state index is 0.0215. The quantitative estimate of drug-likeness (QED) is 0.728. The molecule has 0 saturated heterocycles. The lowest BCUT2D eigenvalue weighted by atomic mass is 9.98. The van der Waals surface area contributed by atoms with Crippen molar-refractivity contribution >= 4 is 6.09 Å². The van der Waals surface area contributed by atoms with Crippen molar-refractivity contribution in [1.82, 2.24) is 10.3 Å². The highest BCUT2D eigenvalue weighted by atomic mass is 16.5. The van der Waals surface area contributed by atoms with Crippen LogP contribution in [0.3, 0.4) is 0 Å². The maximum absolute atomic E-state index is 12.1. The molecule has 1 amide bonds. The fraction of sp³-hybridized carbons (Fsp3) is 0.182. The Morgan fingerprint density at radius 1 is 1.00 bits per heavy atom. The molecule has 0 fully saturated rings. The summed E-state index contributed by atoms with van der Waals surface area (Å²) in [4.78, 5) is 16.0. The van der Waals surface area contributed by atoms with Crippen molar-refractivity contribution in [3.05, 3.63) is 89.7 Å². The van der Waals surface area contributed by atoms with Crippen LogP contribution >= 0.6 is 0 Å². The van der Waals surface area contributed by atoms with Crippen LogP contribution in [0.5, 0.6) is 0 Å². The zero-order chi connectivity index (χ0) is 18.6. The van der Waals surface area contributed by atoms with Crippen LogP contribution in [-0.2, 0) is 4.74 Å². The summed E-state index contributed by atoms with van der Waals surface area (Å²) in [7, 11) is 0. The third kappa shape index (κ3) is 3.55. The number of aliphatic hydroxyl groups is 1. The van der Waals surface area contributed by atoms with Gasteiger partial charge in [0.05, 0.1) is 12.6 Å². The zero-order valence-electron chi connectivity index (χ0n) is 14.7. The number of fused-ring (bicyclic) bond motifs is 3. The lowest BCUT2D eigenvalue weighted by molar-refractivity contribution is 0.128. The van der Waals surface area contributed by atoms with Crippen LogP contribution in [0.25, 0.3) is 11.1 Å². The van der Waals surface area contributed by atoms with E-state index in [2.05, 4.69) is 34.6 Å². The summed E-state index contributed by atoms with van der Waals surface area (Å²) in [5, 5.41) is 12.7. The molecule has 1 unspecified atom stereocenters. The Balaban J connectivity index is 1.38. The smallest absolute Gasteiger partial charge is 0.407 e. The molecule has 1 aromatic heterocycles. The Bertz CT molecular complexity index is 898. The number of benzene rings is 2. The second kappa shape index (κ2) is 7.60. The maximum Gasteiger partial charge on any atom is 0.407 e. The van der Waals surface area contributed by atoms with E-state index in [1.165, 1.54) is 22.3 Å². The lowest BCUT2D eigenvalue weighted by Crippen LogP contribution is -2.30. The number of hydrogen-bond acceptors (Lipinski definition) is 4. The van der Waals surface area contributed by atoms with Gasteiger partial charge in [-0.3, -0.25) is 4.98 Å². The zero-order valence-corrected chi connectivity index (χ0v) is 14.7. The molecule has 1 aliphatic carbocycles. The average molecular weight is 360 g/mol. The van der Waals surface area contributed by atoms with Gasteiger partial charge in [0.15, 0.2) is 0 Å². The molecule has 0 radical (unpaired) electrons. The van der Waals surface area contributed by atoms with Gasteiger partial charge in [-0.1, -0.05) is 48.5 Å². The number of aliphatic hydroxyl groups excluding tert-OH is 1. The number of nitrogens with zero attached hydrogens (tertiary/aromatic N) is 1. The third-order valence-electron chi connectivity index (χ3n) is 4.87. The summed E-state index contributed by atoms with van der Waals surface area (Å²) in [6, 6.07) is 19.8. The Morgan fingerprint density at radius 3 is 2.22 bits per heavy atom. The van der Waals surface area contributed by atoms with E-state index < -0.39 is 12.2 Å². The summed E-state index contributed by atoms with van der Waals surface area (Å²) in [5.74, 6) is 0.0215. The first-order valence-electron chi connectivity index (χ1n) is 8.91. The molecule has 0 aliphatic heterocycles. The highest BCUT2D eigenvalue weighted by molar-refractivity contribution is 5.79. The van der Waals surface area contributed by atoms with Gasteiger partial charge in [0.1, 0.15) is 6.61 Å². The van der Waals surface area contributed by atoms with Crippen LogP contribution in [0.2, 0.25) is 0 Å². The van der Waals surface area contributed by atoms with Crippen LogP contribution in [0.4, 0.5) is 4.79 Å². The van der Waals surface area contributed by atoms with Gasteiger partial charge in [-0.15, -0.1) is 0 Å². The predicted molar refractivity (Wildman–Crippen MR) is 102 cm³/mol. The van der Waals surface area contributed by atoms with E-state index in [4.69, 9.17) is 4.74 Å². The largest absolute Gasteiger partial charge is 0.449 e. The summed E-state index contributed by atoms with van der Waals surface area (Å²) in [5.41, 5.74) is 5.42. The maximum atomic E-state index is 12.1. The van der Waals surface area contributed by atoms with Crippen molar-refractivity contribution in [1.29, 1.82) is 0 Å². The third-order valence-corrected chi connectivity index (χ3v) is 4.87. The summed E-state index contributed by atoms with van der Waals surface area (Å²) in [6.07, 6.45) is 1.87. The Hall–Kier alpha value is -3.18. The summed E-state index contributed by atoms with van der Waals surface area (Å²) in [6.45, 7) is 0.339. The number of pyridine rings is 1. The molecule has 3 aromatic rings. The first-order valence-corrected chi connectivity index (χ1v) is 8.91.